The Hall–Kier alpha value is -2.93. The highest BCUT2D eigenvalue weighted by Crippen LogP contribution is 2.29. The van der Waals surface area contributed by atoms with E-state index in [1.54, 1.807) is 60.5 Å². The Labute approximate surface area is 202 Å². The third-order valence-electron chi connectivity index (χ3n) is 6.24. The molecule has 0 radical (unpaired) electrons. The van der Waals surface area contributed by atoms with E-state index >= 15 is 0 Å². The molecule has 2 aromatic rings. The van der Waals surface area contributed by atoms with Crippen LogP contribution in [0.4, 0.5) is 5.69 Å². The maximum Gasteiger partial charge on any atom is 0.257 e. The lowest BCUT2D eigenvalue weighted by Crippen LogP contribution is -2.46. The second-order valence-corrected chi connectivity index (χ2v) is 9.26. The molecule has 172 valence electrons. The quantitative estimate of drug-likeness (QED) is 0.382. The van der Waals surface area contributed by atoms with Gasteiger partial charge >= 0.3 is 0 Å². The maximum atomic E-state index is 13.5. The van der Waals surface area contributed by atoms with Gasteiger partial charge in [-0.05, 0) is 80.6 Å². The van der Waals surface area contributed by atoms with Crippen LogP contribution in [0.5, 0.6) is 5.75 Å². The number of carbonyl (C=O) groups is 3. The number of benzene rings is 2. The molecule has 0 N–H and O–H groups in total. The van der Waals surface area contributed by atoms with Crippen LogP contribution < -0.4 is 9.64 Å². The molecule has 0 bridgehead atoms. The molecule has 0 aromatic heterocycles. The lowest BCUT2D eigenvalue weighted by molar-refractivity contribution is -0.122. The first-order chi connectivity index (χ1) is 16.0. The Morgan fingerprint density at radius 1 is 1.09 bits per heavy atom. The number of allylic oxidation sites excluding steroid dienone is 1. The van der Waals surface area contributed by atoms with E-state index in [4.69, 9.17) is 4.74 Å². The van der Waals surface area contributed by atoms with E-state index in [-0.39, 0.29) is 24.1 Å². The minimum Gasteiger partial charge on any atom is -0.497 e. The fraction of sp³-hybridized carbons (Fsp3) is 0.346. The van der Waals surface area contributed by atoms with Crippen molar-refractivity contribution in [3.8, 4) is 5.75 Å². The minimum absolute atomic E-state index is 0.0180. The smallest absolute Gasteiger partial charge is 0.257 e. The SMILES string of the molecule is COc1ccc(C(=O)N(CCC2=CCCCC2)C2CC(=O)N(c3ccc(Br)cc3)C2=O)cc1. The average Bonchev–Trinajstić information content (AvgIpc) is 3.14. The van der Waals surface area contributed by atoms with Gasteiger partial charge in [0.1, 0.15) is 11.8 Å². The summed E-state index contributed by atoms with van der Waals surface area (Å²) in [5.74, 6) is -0.254. The van der Waals surface area contributed by atoms with Crippen LogP contribution in [0.1, 0.15) is 48.9 Å². The molecule has 1 aliphatic heterocycles. The Morgan fingerprint density at radius 2 is 1.82 bits per heavy atom. The zero-order valence-electron chi connectivity index (χ0n) is 18.6. The summed E-state index contributed by atoms with van der Waals surface area (Å²) in [6.07, 6.45) is 7.35. The molecule has 1 aliphatic carbocycles. The normalized spacial score (nSPS) is 18.3. The van der Waals surface area contributed by atoms with Crippen molar-refractivity contribution in [3.63, 3.8) is 0 Å². The van der Waals surface area contributed by atoms with E-state index in [9.17, 15) is 14.4 Å². The number of hydrogen-bond acceptors (Lipinski definition) is 4. The summed E-state index contributed by atoms with van der Waals surface area (Å²) in [6, 6.07) is 13.1. The highest BCUT2D eigenvalue weighted by molar-refractivity contribution is 9.10. The molecule has 0 saturated carbocycles. The fourth-order valence-electron chi connectivity index (χ4n) is 4.41. The van der Waals surface area contributed by atoms with Gasteiger partial charge in [-0.2, -0.15) is 0 Å². The van der Waals surface area contributed by atoms with Gasteiger partial charge in [0, 0.05) is 16.6 Å². The predicted octanol–water partition coefficient (Wildman–Crippen LogP) is 5.12. The highest BCUT2D eigenvalue weighted by atomic mass is 79.9. The van der Waals surface area contributed by atoms with Crippen molar-refractivity contribution in [2.45, 2.75) is 44.6 Å². The standard InChI is InChI=1S/C26H27BrN2O4/c1-33-22-13-7-19(8-14-22)25(31)28(16-15-18-5-3-2-4-6-18)23-17-24(30)29(26(23)32)21-11-9-20(27)10-12-21/h5,7-14,23H,2-4,6,15-17H2,1H3. The molecule has 2 aliphatic rings. The lowest BCUT2D eigenvalue weighted by Gasteiger charge is -2.28. The number of ether oxygens (including phenoxy) is 1. The van der Waals surface area contributed by atoms with Gasteiger partial charge in [-0.3, -0.25) is 14.4 Å². The van der Waals surface area contributed by atoms with E-state index in [0.29, 0.717) is 30.0 Å². The molecular weight excluding hydrogens is 484 g/mol. The van der Waals surface area contributed by atoms with Crippen LogP contribution in [0.25, 0.3) is 0 Å². The van der Waals surface area contributed by atoms with Crippen molar-refractivity contribution in [3.05, 3.63) is 70.2 Å². The van der Waals surface area contributed by atoms with Crippen LogP contribution in [-0.2, 0) is 9.59 Å². The number of nitrogens with zero attached hydrogens (tertiary/aromatic N) is 2. The average molecular weight is 511 g/mol. The molecule has 4 rings (SSSR count). The molecule has 33 heavy (non-hydrogen) atoms. The Kier molecular flexibility index (Phi) is 7.28. The van der Waals surface area contributed by atoms with Gasteiger partial charge in [0.05, 0.1) is 19.2 Å². The van der Waals surface area contributed by atoms with Crippen LogP contribution >= 0.6 is 15.9 Å². The van der Waals surface area contributed by atoms with Crippen LogP contribution in [0.3, 0.4) is 0 Å². The first-order valence-electron chi connectivity index (χ1n) is 11.2. The van der Waals surface area contributed by atoms with Crippen LogP contribution in [0, 0.1) is 0 Å². The van der Waals surface area contributed by atoms with E-state index < -0.39 is 6.04 Å². The number of imide groups is 1. The summed E-state index contributed by atoms with van der Waals surface area (Å²) < 4.78 is 6.06. The molecule has 1 fully saturated rings. The van der Waals surface area contributed by atoms with Gasteiger partial charge in [-0.15, -0.1) is 0 Å². The summed E-state index contributed by atoms with van der Waals surface area (Å²) in [7, 11) is 1.57. The third-order valence-corrected chi connectivity index (χ3v) is 6.77. The third kappa shape index (κ3) is 5.19. The van der Waals surface area contributed by atoms with Gasteiger partial charge in [0.2, 0.25) is 5.91 Å². The number of carbonyl (C=O) groups excluding carboxylic acids is 3. The number of anilines is 1. The van der Waals surface area contributed by atoms with E-state index in [1.807, 2.05) is 0 Å². The molecule has 1 atom stereocenters. The van der Waals surface area contributed by atoms with E-state index in [2.05, 4.69) is 22.0 Å². The first kappa shape index (κ1) is 23.2. The fourth-order valence-corrected chi connectivity index (χ4v) is 4.68. The Balaban J connectivity index is 1.60. The molecule has 1 unspecified atom stereocenters. The van der Waals surface area contributed by atoms with Gasteiger partial charge in [0.25, 0.3) is 11.8 Å². The molecule has 6 nitrogen and oxygen atoms in total. The van der Waals surface area contributed by atoms with E-state index in [0.717, 1.165) is 23.7 Å². The number of halogens is 1. The van der Waals surface area contributed by atoms with Crippen molar-refractivity contribution in [2.24, 2.45) is 0 Å². The first-order valence-corrected chi connectivity index (χ1v) is 12.0. The number of hydrogen-bond donors (Lipinski definition) is 0. The summed E-state index contributed by atoms with van der Waals surface area (Å²) in [6.45, 7) is 0.397. The van der Waals surface area contributed by atoms with Crippen LogP contribution in [0.2, 0.25) is 0 Å². The monoisotopic (exact) mass is 510 g/mol. The summed E-state index contributed by atoms with van der Waals surface area (Å²) >= 11 is 3.38. The Bertz CT molecular complexity index is 1060. The molecule has 3 amide bonds. The van der Waals surface area contributed by atoms with Crippen molar-refractivity contribution in [1.82, 2.24) is 4.90 Å². The minimum atomic E-state index is -0.820. The van der Waals surface area contributed by atoms with Crippen LogP contribution in [0.15, 0.2) is 64.7 Å². The second-order valence-electron chi connectivity index (χ2n) is 8.35. The highest BCUT2D eigenvalue weighted by Gasteiger charge is 2.44. The topological polar surface area (TPSA) is 66.9 Å². The predicted molar refractivity (Wildman–Crippen MR) is 130 cm³/mol. The van der Waals surface area contributed by atoms with Crippen LogP contribution in [-0.4, -0.2) is 42.3 Å². The summed E-state index contributed by atoms with van der Waals surface area (Å²) in [4.78, 5) is 42.6. The molecule has 2 aromatic carbocycles. The van der Waals surface area contributed by atoms with Crippen molar-refractivity contribution >= 4 is 39.3 Å². The van der Waals surface area contributed by atoms with Crippen molar-refractivity contribution in [1.29, 1.82) is 0 Å². The zero-order chi connectivity index (χ0) is 23.4. The number of amides is 3. The second kappa shape index (κ2) is 10.3. The van der Waals surface area contributed by atoms with Gasteiger partial charge in [-0.25, -0.2) is 4.90 Å². The van der Waals surface area contributed by atoms with Crippen molar-refractivity contribution < 1.29 is 19.1 Å². The van der Waals surface area contributed by atoms with Crippen molar-refractivity contribution in [2.75, 3.05) is 18.6 Å². The molecular formula is C26H27BrN2O4. The Morgan fingerprint density at radius 3 is 2.45 bits per heavy atom. The van der Waals surface area contributed by atoms with E-state index in [1.165, 1.54) is 16.9 Å². The van der Waals surface area contributed by atoms with Gasteiger partial charge < -0.3 is 9.64 Å². The lowest BCUT2D eigenvalue weighted by atomic mass is 9.96. The molecule has 7 heteroatoms. The molecule has 1 heterocycles. The number of methoxy groups -OCH3 is 1. The zero-order valence-corrected chi connectivity index (χ0v) is 20.2. The number of rotatable bonds is 7. The summed E-state index contributed by atoms with van der Waals surface area (Å²) in [5.41, 5.74) is 2.30. The maximum absolute atomic E-state index is 13.5. The largest absolute Gasteiger partial charge is 0.497 e. The summed E-state index contributed by atoms with van der Waals surface area (Å²) in [5, 5.41) is 0. The van der Waals surface area contributed by atoms with Gasteiger partial charge in [-0.1, -0.05) is 27.6 Å². The molecule has 0 spiro atoms. The van der Waals surface area contributed by atoms with Gasteiger partial charge in [0.15, 0.2) is 0 Å². The molecule has 1 saturated heterocycles.